The number of carbonyl (C=O) groups excluding carboxylic acids is 1. The van der Waals surface area contributed by atoms with Crippen molar-refractivity contribution in [2.75, 3.05) is 13.1 Å². The second-order valence-corrected chi connectivity index (χ2v) is 4.89. The van der Waals surface area contributed by atoms with Crippen LogP contribution >= 0.6 is 11.6 Å². The smallest absolute Gasteiger partial charge is 0.410 e. The van der Waals surface area contributed by atoms with Crippen molar-refractivity contribution in [3.05, 3.63) is 0 Å². The molecular weight excluding hydrogens is 220 g/mol. The van der Waals surface area contributed by atoms with Crippen LogP contribution in [0.1, 0.15) is 20.8 Å². The molecule has 1 amide bonds. The van der Waals surface area contributed by atoms with Crippen LogP contribution in [-0.2, 0) is 4.74 Å². The summed E-state index contributed by atoms with van der Waals surface area (Å²) < 4.78 is 5.14. The number of amides is 1. The highest BCUT2D eigenvalue weighted by molar-refractivity contribution is 6.65. The molecule has 0 atom stereocenters. The molecule has 6 heteroatoms. The average Bonchev–Trinajstić information content (AvgIpc) is 1.97. The molecule has 1 rings (SSSR count). The Balaban J connectivity index is 2.36. The predicted molar refractivity (Wildman–Crippen MR) is 56.4 cm³/mol. The molecule has 0 spiro atoms. The van der Waals surface area contributed by atoms with Crippen LogP contribution in [0.4, 0.5) is 4.79 Å². The van der Waals surface area contributed by atoms with Gasteiger partial charge in [0, 0.05) is 13.1 Å². The molecule has 1 fully saturated rings. The van der Waals surface area contributed by atoms with E-state index in [2.05, 4.69) is 5.16 Å². The molecule has 1 saturated heterocycles. The molecule has 5 nitrogen and oxygen atoms in total. The number of oxime groups is 1. The van der Waals surface area contributed by atoms with Gasteiger partial charge in [0.15, 0.2) is 5.17 Å². The monoisotopic (exact) mass is 234 g/mol. The Morgan fingerprint density at radius 1 is 1.53 bits per heavy atom. The van der Waals surface area contributed by atoms with Gasteiger partial charge in [-0.2, -0.15) is 0 Å². The van der Waals surface area contributed by atoms with Gasteiger partial charge in [0.25, 0.3) is 0 Å². The van der Waals surface area contributed by atoms with E-state index in [-0.39, 0.29) is 17.2 Å². The molecular formula is C9H15ClN2O3. The zero-order valence-corrected chi connectivity index (χ0v) is 9.78. The van der Waals surface area contributed by atoms with E-state index >= 15 is 0 Å². The van der Waals surface area contributed by atoms with Crippen molar-refractivity contribution < 1.29 is 14.7 Å². The van der Waals surface area contributed by atoms with Crippen LogP contribution in [0, 0.1) is 5.92 Å². The highest BCUT2D eigenvalue weighted by Gasteiger charge is 2.36. The maximum Gasteiger partial charge on any atom is 0.410 e. The maximum absolute atomic E-state index is 11.5. The molecule has 0 radical (unpaired) electrons. The normalized spacial score (nSPS) is 18.7. The van der Waals surface area contributed by atoms with Gasteiger partial charge in [-0.05, 0) is 20.8 Å². The van der Waals surface area contributed by atoms with E-state index in [9.17, 15) is 4.79 Å². The molecule has 0 aromatic rings. The highest BCUT2D eigenvalue weighted by atomic mass is 35.5. The summed E-state index contributed by atoms with van der Waals surface area (Å²) in [6.07, 6.45) is -0.360. The van der Waals surface area contributed by atoms with Crippen LogP contribution in [-0.4, -0.2) is 40.1 Å². The largest absolute Gasteiger partial charge is 0.444 e. The number of likely N-dealkylation sites (tertiary alicyclic amines) is 1. The first-order valence-corrected chi connectivity index (χ1v) is 5.06. The van der Waals surface area contributed by atoms with Crippen molar-refractivity contribution in [1.29, 1.82) is 0 Å². The van der Waals surface area contributed by atoms with Crippen molar-refractivity contribution in [2.45, 2.75) is 26.4 Å². The van der Waals surface area contributed by atoms with Gasteiger partial charge in [-0.25, -0.2) is 4.79 Å². The highest BCUT2D eigenvalue weighted by Crippen LogP contribution is 2.21. The van der Waals surface area contributed by atoms with Crippen LogP contribution in [0.5, 0.6) is 0 Å². The van der Waals surface area contributed by atoms with Crippen molar-refractivity contribution >= 4 is 22.9 Å². The van der Waals surface area contributed by atoms with Crippen molar-refractivity contribution in [2.24, 2.45) is 11.1 Å². The summed E-state index contributed by atoms with van der Waals surface area (Å²) in [5.41, 5.74) is -0.489. The lowest BCUT2D eigenvalue weighted by Gasteiger charge is -2.38. The fourth-order valence-corrected chi connectivity index (χ4v) is 1.32. The first kappa shape index (κ1) is 12.1. The second-order valence-electron chi connectivity index (χ2n) is 4.50. The van der Waals surface area contributed by atoms with E-state index in [1.807, 2.05) is 20.8 Å². The molecule has 0 bridgehead atoms. The molecule has 1 aliphatic rings. The van der Waals surface area contributed by atoms with E-state index in [0.29, 0.717) is 13.1 Å². The number of halogens is 1. The van der Waals surface area contributed by atoms with Gasteiger partial charge in [-0.3, -0.25) is 0 Å². The number of carbonyl (C=O) groups is 1. The van der Waals surface area contributed by atoms with Gasteiger partial charge in [-0.1, -0.05) is 16.8 Å². The molecule has 0 saturated carbocycles. The zero-order chi connectivity index (χ0) is 11.6. The Morgan fingerprint density at radius 2 is 2.07 bits per heavy atom. The number of hydrogen-bond donors (Lipinski definition) is 1. The summed E-state index contributed by atoms with van der Waals surface area (Å²) in [5, 5.41) is 11.4. The Morgan fingerprint density at radius 3 is 2.47 bits per heavy atom. The minimum Gasteiger partial charge on any atom is -0.444 e. The predicted octanol–water partition coefficient (Wildman–Crippen LogP) is 1.88. The summed E-state index contributed by atoms with van der Waals surface area (Å²) in [5.74, 6) is -0.0656. The lowest BCUT2D eigenvalue weighted by molar-refractivity contribution is 0.00693. The third-order valence-electron chi connectivity index (χ3n) is 1.97. The van der Waals surface area contributed by atoms with Crippen LogP contribution < -0.4 is 0 Å². The summed E-state index contributed by atoms with van der Waals surface area (Å²) in [6, 6.07) is 0. The fourth-order valence-electron chi connectivity index (χ4n) is 1.19. The summed E-state index contributed by atoms with van der Waals surface area (Å²) >= 11 is 5.59. The Kier molecular flexibility index (Phi) is 3.44. The zero-order valence-electron chi connectivity index (χ0n) is 9.03. The molecule has 86 valence electrons. The van der Waals surface area contributed by atoms with E-state index in [4.69, 9.17) is 21.5 Å². The van der Waals surface area contributed by atoms with Gasteiger partial charge >= 0.3 is 6.09 Å². The van der Waals surface area contributed by atoms with Crippen molar-refractivity contribution in [3.8, 4) is 0 Å². The van der Waals surface area contributed by atoms with Crippen LogP contribution in [0.15, 0.2) is 5.16 Å². The fraction of sp³-hybridized carbons (Fsp3) is 0.778. The molecule has 15 heavy (non-hydrogen) atoms. The maximum atomic E-state index is 11.5. The van der Waals surface area contributed by atoms with Gasteiger partial charge in [-0.15, -0.1) is 0 Å². The molecule has 1 heterocycles. The summed E-state index contributed by atoms with van der Waals surface area (Å²) in [6.45, 7) is 6.31. The van der Waals surface area contributed by atoms with Crippen LogP contribution in [0.25, 0.3) is 0 Å². The van der Waals surface area contributed by atoms with Crippen LogP contribution in [0.3, 0.4) is 0 Å². The first-order chi connectivity index (χ1) is 6.83. The molecule has 0 aliphatic carbocycles. The van der Waals surface area contributed by atoms with E-state index < -0.39 is 5.60 Å². The van der Waals surface area contributed by atoms with E-state index in [1.54, 1.807) is 0 Å². The quantitative estimate of drug-likeness (QED) is 0.428. The summed E-state index contributed by atoms with van der Waals surface area (Å²) in [7, 11) is 0. The molecule has 0 unspecified atom stereocenters. The Hall–Kier alpha value is -0.970. The van der Waals surface area contributed by atoms with Gasteiger partial charge in [0.05, 0.1) is 5.92 Å². The third kappa shape index (κ3) is 3.27. The standard InChI is InChI=1S/C9H15ClN2O3/c1-9(2,3)15-8(13)12-4-6(5-12)7(10)11-14/h6,14H,4-5H2,1-3H3. The minimum atomic E-state index is -0.489. The van der Waals surface area contributed by atoms with E-state index in [1.165, 1.54) is 4.90 Å². The Bertz CT molecular complexity index is 280. The van der Waals surface area contributed by atoms with Crippen molar-refractivity contribution in [1.82, 2.24) is 4.90 Å². The topological polar surface area (TPSA) is 62.1 Å². The number of rotatable bonds is 1. The lowest BCUT2D eigenvalue weighted by Crippen LogP contribution is -2.53. The molecule has 1 aliphatic heterocycles. The van der Waals surface area contributed by atoms with Gasteiger partial charge < -0.3 is 14.8 Å². The molecule has 0 aromatic carbocycles. The van der Waals surface area contributed by atoms with Gasteiger partial charge in [0.2, 0.25) is 0 Å². The minimum absolute atomic E-state index is 0.0656. The van der Waals surface area contributed by atoms with Crippen LogP contribution in [0.2, 0.25) is 0 Å². The average molecular weight is 235 g/mol. The van der Waals surface area contributed by atoms with Crippen molar-refractivity contribution in [3.63, 3.8) is 0 Å². The number of hydrogen-bond acceptors (Lipinski definition) is 4. The molecule has 1 N–H and O–H groups in total. The van der Waals surface area contributed by atoms with Gasteiger partial charge in [0.1, 0.15) is 5.60 Å². The van der Waals surface area contributed by atoms with E-state index in [0.717, 1.165) is 0 Å². The third-order valence-corrected chi connectivity index (χ3v) is 2.35. The summed E-state index contributed by atoms with van der Waals surface area (Å²) in [4.78, 5) is 13.0. The lowest BCUT2D eigenvalue weighted by atomic mass is 10.0. The second kappa shape index (κ2) is 4.26. The molecule has 0 aromatic heterocycles. The number of ether oxygens (including phenoxy) is 1. The first-order valence-electron chi connectivity index (χ1n) is 4.69. The number of nitrogens with zero attached hydrogens (tertiary/aromatic N) is 2. The Labute approximate surface area is 93.6 Å². The SMILES string of the molecule is CC(C)(C)OC(=O)N1CC(C(Cl)=NO)C1.